The van der Waals surface area contributed by atoms with Crippen molar-refractivity contribution in [2.45, 2.75) is 25.2 Å². The number of anilines is 1. The van der Waals surface area contributed by atoms with Crippen molar-refractivity contribution in [3.8, 4) is 22.6 Å². The molecule has 1 fully saturated rings. The van der Waals surface area contributed by atoms with Gasteiger partial charge in [-0.05, 0) is 54.7 Å². The van der Waals surface area contributed by atoms with Crippen LogP contribution in [0.4, 0.5) is 5.82 Å². The zero-order valence-corrected chi connectivity index (χ0v) is 15.6. The van der Waals surface area contributed by atoms with Crippen molar-refractivity contribution < 1.29 is 15.7 Å². The summed E-state index contributed by atoms with van der Waals surface area (Å²) in [5.41, 5.74) is 3.71. The lowest BCUT2D eigenvalue weighted by atomic mass is 9.94. The molecule has 0 atom stereocenters. The second kappa shape index (κ2) is 6.37. The van der Waals surface area contributed by atoms with E-state index in [1.165, 1.54) is 0 Å². The van der Waals surface area contributed by atoms with Crippen LogP contribution in [0.2, 0.25) is 0 Å². The van der Waals surface area contributed by atoms with Crippen LogP contribution in [0, 0.1) is 6.92 Å². The summed E-state index contributed by atoms with van der Waals surface area (Å²) in [7, 11) is 0. The van der Waals surface area contributed by atoms with Crippen molar-refractivity contribution in [2.24, 2.45) is 0 Å². The highest BCUT2D eigenvalue weighted by Gasteiger charge is 2.51. The number of pyridine rings is 1. The number of aryl methyl sites for hydroxylation is 1. The maximum Gasteiger partial charge on any atom is 0.236 e. The molecule has 142 valence electrons. The lowest BCUT2D eigenvalue weighted by molar-refractivity contribution is -0.118. The first-order chi connectivity index (χ1) is 13.7. The van der Waals surface area contributed by atoms with Crippen molar-refractivity contribution in [3.63, 3.8) is 0 Å². The van der Waals surface area contributed by atoms with Crippen LogP contribution < -0.4 is 14.8 Å². The molecule has 3 aromatic rings. The molecule has 0 spiro atoms. The minimum atomic E-state index is -0.505. The maximum atomic E-state index is 13.0. The van der Waals surface area contributed by atoms with Gasteiger partial charge in [-0.3, -0.25) is 4.79 Å². The van der Waals surface area contributed by atoms with Gasteiger partial charge in [-0.2, -0.15) is 0 Å². The van der Waals surface area contributed by atoms with Gasteiger partial charge in [-0.25, -0.2) is 4.98 Å². The van der Waals surface area contributed by atoms with Gasteiger partial charge in [0.2, 0.25) is 12.7 Å². The first-order valence-corrected chi connectivity index (χ1v) is 9.39. The average molecular weight is 374 g/mol. The molecule has 2 aromatic carbocycles. The van der Waals surface area contributed by atoms with Crippen molar-refractivity contribution in [2.75, 3.05) is 12.1 Å². The molecule has 1 aromatic heterocycles. The molecule has 5 heteroatoms. The molecule has 1 saturated carbocycles. The summed E-state index contributed by atoms with van der Waals surface area (Å²) in [6.45, 7) is 2.26. The van der Waals surface area contributed by atoms with E-state index in [1.807, 2.05) is 55.6 Å². The summed E-state index contributed by atoms with van der Waals surface area (Å²) in [4.78, 5) is 17.5. The standard InChI is InChI=1S/C23H20N2O3.H2/c1-15-11-21(24-13-18(15)16-5-3-2-4-6-16)25-22(26)23(9-10-23)17-7-8-19-20(12-17)28-14-27-19;/h2-8,11-13H,9-10,14H2,1H3,(H,24,25,26);1H. The van der Waals surface area contributed by atoms with Crippen LogP contribution in [0.15, 0.2) is 60.8 Å². The Hall–Kier alpha value is -3.34. The van der Waals surface area contributed by atoms with Gasteiger partial charge in [0.25, 0.3) is 0 Å². The molecule has 2 heterocycles. The summed E-state index contributed by atoms with van der Waals surface area (Å²) < 4.78 is 10.8. The number of hydrogen-bond donors (Lipinski definition) is 1. The molecular formula is C23H22N2O3. The van der Waals surface area contributed by atoms with E-state index >= 15 is 0 Å². The first-order valence-electron chi connectivity index (χ1n) is 9.39. The van der Waals surface area contributed by atoms with Gasteiger partial charge in [0.05, 0.1) is 5.41 Å². The van der Waals surface area contributed by atoms with Crippen LogP contribution >= 0.6 is 0 Å². The normalized spacial score (nSPS) is 15.9. The fourth-order valence-corrected chi connectivity index (χ4v) is 3.75. The monoisotopic (exact) mass is 374 g/mol. The molecule has 0 saturated heterocycles. The van der Waals surface area contributed by atoms with Crippen LogP contribution in [0.25, 0.3) is 11.1 Å². The highest BCUT2D eigenvalue weighted by molar-refractivity contribution is 6.01. The molecular weight excluding hydrogens is 352 g/mol. The third-order valence-electron chi connectivity index (χ3n) is 5.55. The Morgan fingerprint density at radius 2 is 1.86 bits per heavy atom. The minimum absolute atomic E-state index is 0. The van der Waals surface area contributed by atoms with Gasteiger partial charge in [-0.1, -0.05) is 36.4 Å². The summed E-state index contributed by atoms with van der Waals surface area (Å²) in [6, 6.07) is 17.8. The number of amides is 1. The Labute approximate surface area is 164 Å². The molecule has 2 aliphatic rings. The van der Waals surface area contributed by atoms with E-state index in [0.717, 1.165) is 40.8 Å². The molecule has 1 N–H and O–H groups in total. The van der Waals surface area contributed by atoms with Gasteiger partial charge in [0, 0.05) is 13.2 Å². The van der Waals surface area contributed by atoms with Crippen molar-refractivity contribution in [3.05, 3.63) is 71.9 Å². The third-order valence-corrected chi connectivity index (χ3v) is 5.55. The fourth-order valence-electron chi connectivity index (χ4n) is 3.75. The number of benzene rings is 2. The summed E-state index contributed by atoms with van der Waals surface area (Å²) >= 11 is 0. The summed E-state index contributed by atoms with van der Waals surface area (Å²) in [5.74, 6) is 1.99. The van der Waals surface area contributed by atoms with Gasteiger partial charge in [0.15, 0.2) is 11.5 Å². The molecule has 5 nitrogen and oxygen atoms in total. The van der Waals surface area contributed by atoms with E-state index in [2.05, 4.69) is 22.4 Å². The molecule has 5 rings (SSSR count). The van der Waals surface area contributed by atoms with Gasteiger partial charge >= 0.3 is 0 Å². The first kappa shape index (κ1) is 16.8. The number of carbonyl (C=O) groups is 1. The largest absolute Gasteiger partial charge is 0.454 e. The van der Waals surface area contributed by atoms with Crippen LogP contribution in [0.5, 0.6) is 11.5 Å². The van der Waals surface area contributed by atoms with Crippen molar-refractivity contribution in [1.82, 2.24) is 4.98 Å². The van der Waals surface area contributed by atoms with Gasteiger partial charge < -0.3 is 14.8 Å². The quantitative estimate of drug-likeness (QED) is 0.719. The van der Waals surface area contributed by atoms with Crippen LogP contribution in [-0.4, -0.2) is 17.7 Å². The Morgan fingerprint density at radius 1 is 1.07 bits per heavy atom. The Balaban J connectivity index is 0.00000205. The average Bonchev–Trinajstić information content (AvgIpc) is 3.40. The highest BCUT2D eigenvalue weighted by Crippen LogP contribution is 2.51. The Morgan fingerprint density at radius 3 is 2.61 bits per heavy atom. The van der Waals surface area contributed by atoms with Gasteiger partial charge in [-0.15, -0.1) is 0 Å². The molecule has 0 radical (unpaired) electrons. The zero-order valence-electron chi connectivity index (χ0n) is 15.6. The number of nitrogens with one attached hydrogen (secondary N) is 1. The number of aromatic nitrogens is 1. The molecule has 0 bridgehead atoms. The van der Waals surface area contributed by atoms with Crippen LogP contribution in [-0.2, 0) is 10.2 Å². The van der Waals surface area contributed by atoms with E-state index in [0.29, 0.717) is 11.6 Å². The second-order valence-corrected chi connectivity index (χ2v) is 7.35. The predicted molar refractivity (Wildman–Crippen MR) is 109 cm³/mol. The van der Waals surface area contributed by atoms with Gasteiger partial charge in [0.1, 0.15) is 5.82 Å². The third kappa shape index (κ3) is 2.80. The minimum Gasteiger partial charge on any atom is -0.454 e. The fraction of sp³-hybridized carbons (Fsp3) is 0.217. The topological polar surface area (TPSA) is 60.5 Å². The van der Waals surface area contributed by atoms with E-state index in [-0.39, 0.29) is 14.1 Å². The summed E-state index contributed by atoms with van der Waals surface area (Å²) in [6.07, 6.45) is 3.46. The smallest absolute Gasteiger partial charge is 0.236 e. The number of nitrogens with zero attached hydrogens (tertiary/aromatic N) is 1. The predicted octanol–water partition coefficient (Wildman–Crippen LogP) is 4.70. The van der Waals surface area contributed by atoms with Crippen molar-refractivity contribution >= 4 is 11.7 Å². The SMILES string of the molecule is Cc1cc(NC(=O)C2(c3ccc4c(c3)OCO4)CC2)ncc1-c1ccccc1.[HH]. The Bertz CT molecular complexity index is 1060. The lowest BCUT2D eigenvalue weighted by Crippen LogP contribution is -2.28. The number of ether oxygens (including phenoxy) is 2. The number of carbonyl (C=O) groups excluding carboxylic acids is 1. The van der Waals surface area contributed by atoms with E-state index in [4.69, 9.17) is 9.47 Å². The summed E-state index contributed by atoms with van der Waals surface area (Å²) in [5, 5.41) is 3.01. The molecule has 1 aliphatic carbocycles. The highest BCUT2D eigenvalue weighted by atomic mass is 16.7. The van der Waals surface area contributed by atoms with Crippen molar-refractivity contribution in [1.29, 1.82) is 0 Å². The number of rotatable bonds is 4. The molecule has 1 amide bonds. The van der Waals surface area contributed by atoms with E-state index in [1.54, 1.807) is 0 Å². The molecule has 0 unspecified atom stereocenters. The van der Waals surface area contributed by atoms with E-state index < -0.39 is 5.41 Å². The van der Waals surface area contributed by atoms with Crippen LogP contribution in [0.1, 0.15) is 25.4 Å². The molecule has 28 heavy (non-hydrogen) atoms. The zero-order chi connectivity index (χ0) is 19.1. The maximum absolute atomic E-state index is 13.0. The second-order valence-electron chi connectivity index (χ2n) is 7.35. The molecule has 1 aliphatic heterocycles. The van der Waals surface area contributed by atoms with Crippen LogP contribution in [0.3, 0.4) is 0 Å². The lowest BCUT2D eigenvalue weighted by Gasteiger charge is -2.16. The number of hydrogen-bond acceptors (Lipinski definition) is 4. The van der Waals surface area contributed by atoms with E-state index in [9.17, 15) is 4.79 Å². The Kier molecular flexibility index (Phi) is 3.83. The number of fused-ring (bicyclic) bond motifs is 1.